The minimum atomic E-state index is 0. The number of benzene rings is 1. The number of aryl methyl sites for hydroxylation is 1. The number of hydrogen-bond acceptors (Lipinski definition) is 3. The SMILES string of the molecule is CCNC(=NCC1CCCOC1c1ccc(C)cc1)N1CCC(COCC)C1.I. The van der Waals surface area contributed by atoms with Crippen molar-refractivity contribution in [2.75, 3.05) is 46.0 Å². The van der Waals surface area contributed by atoms with Gasteiger partial charge in [0.15, 0.2) is 5.96 Å². The maximum Gasteiger partial charge on any atom is 0.193 e. The number of aliphatic imine (C=N–C) groups is 1. The van der Waals surface area contributed by atoms with Crippen LogP contribution in [0.1, 0.15) is 50.3 Å². The Morgan fingerprint density at radius 2 is 2.03 bits per heavy atom. The maximum atomic E-state index is 6.18. The molecule has 0 aliphatic carbocycles. The number of hydrogen-bond donors (Lipinski definition) is 1. The van der Waals surface area contributed by atoms with Gasteiger partial charge in [-0.25, -0.2) is 0 Å². The predicted octanol–water partition coefficient (Wildman–Crippen LogP) is 4.40. The largest absolute Gasteiger partial charge is 0.381 e. The fourth-order valence-corrected chi connectivity index (χ4v) is 4.23. The molecule has 2 aliphatic heterocycles. The first-order valence-electron chi connectivity index (χ1n) is 11.0. The average Bonchev–Trinajstić information content (AvgIpc) is 3.19. The third-order valence-corrected chi connectivity index (χ3v) is 5.80. The van der Waals surface area contributed by atoms with Gasteiger partial charge in [-0.15, -0.1) is 24.0 Å². The molecule has 3 rings (SSSR count). The van der Waals surface area contributed by atoms with Gasteiger partial charge in [0.1, 0.15) is 0 Å². The first kappa shape index (κ1) is 24.4. The zero-order chi connectivity index (χ0) is 19.8. The Kier molecular flexibility index (Phi) is 10.7. The van der Waals surface area contributed by atoms with E-state index in [2.05, 4.69) is 55.3 Å². The number of guanidine groups is 1. The highest BCUT2D eigenvalue weighted by atomic mass is 127. The molecule has 2 fully saturated rings. The van der Waals surface area contributed by atoms with Gasteiger partial charge < -0.3 is 19.7 Å². The van der Waals surface area contributed by atoms with Crippen molar-refractivity contribution in [2.24, 2.45) is 16.8 Å². The fraction of sp³-hybridized carbons (Fsp3) is 0.696. The molecule has 3 unspecified atom stereocenters. The highest BCUT2D eigenvalue weighted by molar-refractivity contribution is 14.0. The third kappa shape index (κ3) is 7.10. The molecule has 1 aromatic rings. The molecule has 164 valence electrons. The van der Waals surface area contributed by atoms with Crippen LogP contribution in [0.15, 0.2) is 29.3 Å². The highest BCUT2D eigenvalue weighted by Gasteiger charge is 2.29. The van der Waals surface area contributed by atoms with E-state index in [-0.39, 0.29) is 30.1 Å². The second kappa shape index (κ2) is 12.7. The summed E-state index contributed by atoms with van der Waals surface area (Å²) >= 11 is 0. The quantitative estimate of drug-likeness (QED) is 0.332. The summed E-state index contributed by atoms with van der Waals surface area (Å²) in [5, 5.41) is 3.50. The Bertz CT molecular complexity index is 623. The molecule has 2 aliphatic rings. The Morgan fingerprint density at radius 3 is 2.76 bits per heavy atom. The van der Waals surface area contributed by atoms with Crippen LogP contribution in [0, 0.1) is 18.8 Å². The molecule has 5 nitrogen and oxygen atoms in total. The van der Waals surface area contributed by atoms with Gasteiger partial charge in [0.2, 0.25) is 0 Å². The van der Waals surface area contributed by atoms with Crippen LogP contribution >= 0.6 is 24.0 Å². The standard InChI is InChI=1S/C23H37N3O2.HI/c1-4-24-23(26-13-12-19(16-26)17-27-5-2)25-15-21-7-6-14-28-22(21)20-10-8-18(3)9-11-20;/h8-11,19,21-22H,4-7,12-17H2,1-3H3,(H,24,25);1H. The van der Waals surface area contributed by atoms with Crippen molar-refractivity contribution in [2.45, 2.75) is 46.1 Å². The van der Waals surface area contributed by atoms with Crippen LogP contribution < -0.4 is 5.32 Å². The molecule has 0 amide bonds. The Labute approximate surface area is 193 Å². The molecule has 0 radical (unpaired) electrons. The molecule has 2 saturated heterocycles. The summed E-state index contributed by atoms with van der Waals surface area (Å²) in [5.41, 5.74) is 2.58. The zero-order valence-electron chi connectivity index (χ0n) is 18.2. The van der Waals surface area contributed by atoms with E-state index in [1.165, 1.54) is 24.0 Å². The predicted molar refractivity (Wildman–Crippen MR) is 130 cm³/mol. The van der Waals surface area contributed by atoms with E-state index in [1.807, 2.05) is 0 Å². The lowest BCUT2D eigenvalue weighted by atomic mass is 9.89. The summed E-state index contributed by atoms with van der Waals surface area (Å²) in [7, 11) is 0. The van der Waals surface area contributed by atoms with Crippen molar-refractivity contribution in [1.29, 1.82) is 0 Å². The van der Waals surface area contributed by atoms with E-state index in [9.17, 15) is 0 Å². The summed E-state index contributed by atoms with van der Waals surface area (Å²) in [6.07, 6.45) is 3.64. The molecule has 29 heavy (non-hydrogen) atoms. The molecule has 0 spiro atoms. The summed E-state index contributed by atoms with van der Waals surface area (Å²) < 4.78 is 11.8. The van der Waals surface area contributed by atoms with Gasteiger partial charge in [-0.3, -0.25) is 4.99 Å². The summed E-state index contributed by atoms with van der Waals surface area (Å²) in [5.74, 6) is 2.10. The molecule has 6 heteroatoms. The highest BCUT2D eigenvalue weighted by Crippen LogP contribution is 2.34. The molecule has 1 N–H and O–H groups in total. The van der Waals surface area contributed by atoms with Crippen LogP contribution in [0.5, 0.6) is 0 Å². The molecule has 3 atom stereocenters. The van der Waals surface area contributed by atoms with Crippen LogP contribution in [0.3, 0.4) is 0 Å². The van der Waals surface area contributed by atoms with Gasteiger partial charge >= 0.3 is 0 Å². The lowest BCUT2D eigenvalue weighted by molar-refractivity contribution is -0.0250. The van der Waals surface area contributed by atoms with Crippen molar-refractivity contribution in [3.63, 3.8) is 0 Å². The zero-order valence-corrected chi connectivity index (χ0v) is 20.6. The van der Waals surface area contributed by atoms with Gasteiger partial charge in [0.05, 0.1) is 12.7 Å². The monoisotopic (exact) mass is 515 g/mol. The number of nitrogens with one attached hydrogen (secondary N) is 1. The lowest BCUT2D eigenvalue weighted by Gasteiger charge is -2.32. The first-order chi connectivity index (χ1) is 13.7. The number of rotatable bonds is 7. The van der Waals surface area contributed by atoms with Gasteiger partial charge in [-0.1, -0.05) is 29.8 Å². The van der Waals surface area contributed by atoms with E-state index in [0.717, 1.165) is 58.4 Å². The Balaban J connectivity index is 0.00000300. The number of nitrogens with zero attached hydrogens (tertiary/aromatic N) is 2. The molecule has 2 heterocycles. The Morgan fingerprint density at radius 1 is 1.24 bits per heavy atom. The van der Waals surface area contributed by atoms with Crippen LogP contribution in [0.2, 0.25) is 0 Å². The Hall–Kier alpha value is -0.860. The smallest absolute Gasteiger partial charge is 0.193 e. The van der Waals surface area contributed by atoms with Gasteiger partial charge in [-0.2, -0.15) is 0 Å². The minimum Gasteiger partial charge on any atom is -0.381 e. The average molecular weight is 515 g/mol. The van der Waals surface area contributed by atoms with E-state index in [4.69, 9.17) is 14.5 Å². The minimum absolute atomic E-state index is 0. The van der Waals surface area contributed by atoms with Crippen molar-refractivity contribution < 1.29 is 9.47 Å². The van der Waals surface area contributed by atoms with Crippen molar-refractivity contribution >= 4 is 29.9 Å². The van der Waals surface area contributed by atoms with E-state index in [1.54, 1.807) is 0 Å². The van der Waals surface area contributed by atoms with Crippen molar-refractivity contribution in [3.05, 3.63) is 35.4 Å². The summed E-state index contributed by atoms with van der Waals surface area (Å²) in [4.78, 5) is 7.44. The molecular weight excluding hydrogens is 477 g/mol. The maximum absolute atomic E-state index is 6.18. The van der Waals surface area contributed by atoms with Crippen molar-refractivity contribution in [3.8, 4) is 0 Å². The summed E-state index contributed by atoms with van der Waals surface area (Å²) in [6.45, 7) is 12.7. The molecule has 0 bridgehead atoms. The van der Waals surface area contributed by atoms with E-state index in [0.29, 0.717) is 11.8 Å². The first-order valence-corrected chi connectivity index (χ1v) is 11.0. The normalized spacial score (nSPS) is 25.0. The second-order valence-corrected chi connectivity index (χ2v) is 8.06. The number of halogens is 1. The third-order valence-electron chi connectivity index (χ3n) is 5.80. The fourth-order valence-electron chi connectivity index (χ4n) is 4.23. The van der Waals surface area contributed by atoms with Crippen LogP contribution in [-0.4, -0.2) is 56.9 Å². The topological polar surface area (TPSA) is 46.1 Å². The van der Waals surface area contributed by atoms with Crippen LogP contribution in [0.4, 0.5) is 0 Å². The van der Waals surface area contributed by atoms with Gasteiger partial charge in [0.25, 0.3) is 0 Å². The van der Waals surface area contributed by atoms with Crippen LogP contribution in [-0.2, 0) is 9.47 Å². The second-order valence-electron chi connectivity index (χ2n) is 8.06. The molecule has 0 aromatic heterocycles. The van der Waals surface area contributed by atoms with Gasteiger partial charge in [-0.05, 0) is 45.6 Å². The number of ether oxygens (including phenoxy) is 2. The van der Waals surface area contributed by atoms with Crippen LogP contribution in [0.25, 0.3) is 0 Å². The number of likely N-dealkylation sites (tertiary alicyclic amines) is 1. The molecular formula is C23H38IN3O2. The van der Waals surface area contributed by atoms with E-state index >= 15 is 0 Å². The molecule has 0 saturated carbocycles. The van der Waals surface area contributed by atoms with E-state index < -0.39 is 0 Å². The summed E-state index contributed by atoms with van der Waals surface area (Å²) in [6, 6.07) is 8.79. The van der Waals surface area contributed by atoms with Crippen molar-refractivity contribution in [1.82, 2.24) is 10.2 Å². The van der Waals surface area contributed by atoms with Gasteiger partial charge in [0, 0.05) is 51.2 Å². The molecule has 1 aromatic carbocycles. The lowest BCUT2D eigenvalue weighted by Crippen LogP contribution is -2.41.